The number of aliphatic carboxylic acids is 1. The lowest BCUT2D eigenvalue weighted by Crippen LogP contribution is -2.08. The Kier molecular flexibility index (Phi) is 5.17. The molecule has 0 unspecified atom stereocenters. The quantitative estimate of drug-likeness (QED) is 0.406. The second-order valence-electron chi connectivity index (χ2n) is 8.16. The van der Waals surface area contributed by atoms with E-state index in [0.29, 0.717) is 6.42 Å². The van der Waals surface area contributed by atoms with Crippen LogP contribution in [0.5, 0.6) is 0 Å². The monoisotopic (exact) mass is 407 g/mol. The first-order valence-corrected chi connectivity index (χ1v) is 10.9. The zero-order chi connectivity index (χ0) is 21.2. The maximum atomic E-state index is 10.8. The molecule has 0 saturated heterocycles. The lowest BCUT2D eigenvalue weighted by atomic mass is 9.90. The van der Waals surface area contributed by atoms with Crippen molar-refractivity contribution >= 4 is 5.97 Å². The van der Waals surface area contributed by atoms with E-state index in [4.69, 9.17) is 5.11 Å². The highest BCUT2D eigenvalue weighted by Gasteiger charge is 2.23. The number of aromatic nitrogens is 1. The van der Waals surface area contributed by atoms with Gasteiger partial charge in [-0.15, -0.1) is 0 Å². The fourth-order valence-corrected chi connectivity index (χ4v) is 4.66. The third kappa shape index (κ3) is 3.79. The highest BCUT2D eigenvalue weighted by molar-refractivity contribution is 5.80. The van der Waals surface area contributed by atoms with Crippen LogP contribution in [0, 0.1) is 0 Å². The summed E-state index contributed by atoms with van der Waals surface area (Å²) in [5.41, 5.74) is 10.2. The zero-order valence-electron chi connectivity index (χ0n) is 17.4. The largest absolute Gasteiger partial charge is 0.481 e. The van der Waals surface area contributed by atoms with Gasteiger partial charge >= 0.3 is 5.97 Å². The Bertz CT molecular complexity index is 1220. The van der Waals surface area contributed by atoms with Crippen LogP contribution < -0.4 is 0 Å². The van der Waals surface area contributed by atoms with Gasteiger partial charge < -0.3 is 9.67 Å². The summed E-state index contributed by atoms with van der Waals surface area (Å²) < 4.78 is 2.40. The Morgan fingerprint density at radius 1 is 0.839 bits per heavy atom. The van der Waals surface area contributed by atoms with Gasteiger partial charge in [0.05, 0.1) is 5.69 Å². The summed E-state index contributed by atoms with van der Waals surface area (Å²) in [6.45, 7) is 0. The van der Waals surface area contributed by atoms with Gasteiger partial charge in [0, 0.05) is 23.4 Å². The van der Waals surface area contributed by atoms with Gasteiger partial charge in [0.2, 0.25) is 0 Å². The fourth-order valence-electron chi connectivity index (χ4n) is 4.66. The SMILES string of the molecule is O=C(O)CCCc1ccc(-n2c(-c3ccccc3)cc3c2CCc2ccccc2-3)cc1. The first-order valence-electron chi connectivity index (χ1n) is 10.9. The summed E-state index contributed by atoms with van der Waals surface area (Å²) in [6.07, 6.45) is 3.73. The number of nitrogens with zero attached hydrogens (tertiary/aromatic N) is 1. The number of aryl methyl sites for hydroxylation is 2. The number of rotatable bonds is 6. The average molecular weight is 408 g/mol. The molecule has 0 atom stereocenters. The van der Waals surface area contributed by atoms with E-state index in [9.17, 15) is 4.79 Å². The molecule has 0 fully saturated rings. The molecule has 3 heteroatoms. The molecule has 1 N–H and O–H groups in total. The first kappa shape index (κ1) is 19.4. The third-order valence-electron chi connectivity index (χ3n) is 6.16. The molecule has 0 amide bonds. The van der Waals surface area contributed by atoms with Gasteiger partial charge in [-0.1, -0.05) is 66.7 Å². The molecule has 5 rings (SSSR count). The van der Waals surface area contributed by atoms with Gasteiger partial charge in [-0.3, -0.25) is 4.79 Å². The average Bonchev–Trinajstić information content (AvgIpc) is 3.20. The smallest absolute Gasteiger partial charge is 0.303 e. The highest BCUT2D eigenvalue weighted by Crippen LogP contribution is 2.40. The fraction of sp³-hybridized carbons (Fsp3) is 0.179. The second kappa shape index (κ2) is 8.27. The summed E-state index contributed by atoms with van der Waals surface area (Å²) in [4.78, 5) is 10.8. The van der Waals surface area contributed by atoms with Crippen molar-refractivity contribution in [2.24, 2.45) is 0 Å². The molecule has 0 aliphatic heterocycles. The summed E-state index contributed by atoms with van der Waals surface area (Å²) in [5.74, 6) is -0.733. The van der Waals surface area contributed by atoms with Crippen LogP contribution in [-0.2, 0) is 24.1 Å². The lowest BCUT2D eigenvalue weighted by Gasteiger charge is -2.20. The molecular weight excluding hydrogens is 382 g/mol. The van der Waals surface area contributed by atoms with Crippen molar-refractivity contribution in [2.75, 3.05) is 0 Å². The number of hydrogen-bond acceptors (Lipinski definition) is 1. The number of carbonyl (C=O) groups is 1. The maximum absolute atomic E-state index is 10.8. The Morgan fingerprint density at radius 3 is 2.35 bits per heavy atom. The zero-order valence-corrected chi connectivity index (χ0v) is 17.4. The topological polar surface area (TPSA) is 42.2 Å². The van der Waals surface area contributed by atoms with E-state index in [1.54, 1.807) is 0 Å². The summed E-state index contributed by atoms with van der Waals surface area (Å²) in [7, 11) is 0. The lowest BCUT2D eigenvalue weighted by molar-refractivity contribution is -0.137. The van der Waals surface area contributed by atoms with Crippen molar-refractivity contribution in [1.82, 2.24) is 4.57 Å². The molecular formula is C28H25NO2. The van der Waals surface area contributed by atoms with Crippen molar-refractivity contribution in [1.29, 1.82) is 0 Å². The summed E-state index contributed by atoms with van der Waals surface area (Å²) in [6, 6.07) is 30.2. The number of fused-ring (bicyclic) bond motifs is 3. The van der Waals surface area contributed by atoms with Crippen LogP contribution in [-0.4, -0.2) is 15.6 Å². The van der Waals surface area contributed by atoms with Crippen molar-refractivity contribution in [3.05, 3.63) is 102 Å². The van der Waals surface area contributed by atoms with Crippen LogP contribution in [0.4, 0.5) is 0 Å². The Labute approximate surface area is 182 Å². The van der Waals surface area contributed by atoms with E-state index in [1.807, 2.05) is 0 Å². The third-order valence-corrected chi connectivity index (χ3v) is 6.16. The van der Waals surface area contributed by atoms with Gasteiger partial charge in [-0.05, 0) is 66.1 Å². The molecule has 0 saturated carbocycles. The number of benzene rings is 3. The molecule has 0 bridgehead atoms. The summed E-state index contributed by atoms with van der Waals surface area (Å²) >= 11 is 0. The summed E-state index contributed by atoms with van der Waals surface area (Å²) in [5, 5.41) is 8.88. The molecule has 3 aromatic carbocycles. The Hall–Kier alpha value is -3.59. The minimum atomic E-state index is -0.733. The van der Waals surface area contributed by atoms with Crippen LogP contribution in [0.15, 0.2) is 84.9 Å². The molecule has 1 heterocycles. The highest BCUT2D eigenvalue weighted by atomic mass is 16.4. The van der Waals surface area contributed by atoms with Crippen molar-refractivity contribution < 1.29 is 9.90 Å². The predicted molar refractivity (Wildman–Crippen MR) is 125 cm³/mol. The van der Waals surface area contributed by atoms with Crippen LogP contribution in [0.1, 0.15) is 29.7 Å². The van der Waals surface area contributed by atoms with Crippen LogP contribution in [0.2, 0.25) is 0 Å². The molecule has 1 aliphatic rings. The normalized spacial score (nSPS) is 12.3. The Balaban J connectivity index is 1.58. The van der Waals surface area contributed by atoms with Gasteiger partial charge in [-0.25, -0.2) is 0 Å². The Morgan fingerprint density at radius 2 is 1.58 bits per heavy atom. The predicted octanol–water partition coefficient (Wildman–Crippen LogP) is 6.32. The van der Waals surface area contributed by atoms with E-state index in [-0.39, 0.29) is 6.42 Å². The van der Waals surface area contributed by atoms with Gasteiger partial charge in [0.25, 0.3) is 0 Å². The van der Waals surface area contributed by atoms with E-state index >= 15 is 0 Å². The minimum Gasteiger partial charge on any atom is -0.481 e. The molecule has 4 aromatic rings. The van der Waals surface area contributed by atoms with Crippen LogP contribution in [0.3, 0.4) is 0 Å². The molecule has 31 heavy (non-hydrogen) atoms. The first-order chi connectivity index (χ1) is 15.2. The van der Waals surface area contributed by atoms with E-state index in [0.717, 1.165) is 24.9 Å². The van der Waals surface area contributed by atoms with E-state index in [2.05, 4.69) is 89.5 Å². The van der Waals surface area contributed by atoms with E-state index < -0.39 is 5.97 Å². The molecule has 154 valence electrons. The minimum absolute atomic E-state index is 0.213. The van der Waals surface area contributed by atoms with Crippen molar-refractivity contribution in [2.45, 2.75) is 32.1 Å². The molecule has 1 aromatic heterocycles. The van der Waals surface area contributed by atoms with Gasteiger partial charge in [-0.2, -0.15) is 0 Å². The van der Waals surface area contributed by atoms with Crippen molar-refractivity contribution in [3.63, 3.8) is 0 Å². The van der Waals surface area contributed by atoms with E-state index in [1.165, 1.54) is 39.2 Å². The molecule has 3 nitrogen and oxygen atoms in total. The standard InChI is InChI=1S/C28H25NO2/c30-28(31)12-6-7-20-13-16-23(17-14-20)29-26-18-15-21-8-4-5-11-24(21)25(26)19-27(29)22-9-2-1-3-10-22/h1-5,8-11,13-14,16-17,19H,6-7,12,15,18H2,(H,30,31). The van der Waals surface area contributed by atoms with Crippen LogP contribution in [0.25, 0.3) is 28.1 Å². The second-order valence-corrected chi connectivity index (χ2v) is 8.16. The van der Waals surface area contributed by atoms with Crippen molar-refractivity contribution in [3.8, 4) is 28.1 Å². The number of carboxylic acid groups (broad SMARTS) is 1. The number of hydrogen-bond donors (Lipinski definition) is 1. The van der Waals surface area contributed by atoms with Crippen LogP contribution >= 0.6 is 0 Å². The molecule has 1 aliphatic carbocycles. The van der Waals surface area contributed by atoms with Gasteiger partial charge in [0.1, 0.15) is 0 Å². The maximum Gasteiger partial charge on any atom is 0.303 e. The number of carboxylic acids is 1. The van der Waals surface area contributed by atoms with Gasteiger partial charge in [0.15, 0.2) is 0 Å². The molecule has 0 spiro atoms. The molecule has 0 radical (unpaired) electrons.